The second-order valence-electron chi connectivity index (χ2n) is 2.31. The van der Waals surface area contributed by atoms with Gasteiger partial charge in [-0.05, 0) is 0 Å². The number of rotatable bonds is 2. The van der Waals surface area contributed by atoms with Crippen LogP contribution in [0.5, 0.6) is 0 Å². The van der Waals surface area contributed by atoms with Crippen molar-refractivity contribution in [3.63, 3.8) is 0 Å². The van der Waals surface area contributed by atoms with Crippen molar-refractivity contribution in [2.24, 2.45) is 0 Å². The van der Waals surface area contributed by atoms with E-state index in [4.69, 9.17) is 20.4 Å². The average molecular weight is 218 g/mol. The number of aliphatic hydroxyl groups is 4. The van der Waals surface area contributed by atoms with E-state index < -0.39 is 36.3 Å². The molecule has 2 atom stereocenters. The minimum absolute atomic E-state index is 0. The Morgan fingerprint density at radius 3 is 2.31 bits per heavy atom. The number of hydrogen-bond acceptors (Lipinski definition) is 6. The van der Waals surface area contributed by atoms with Gasteiger partial charge in [-0.15, -0.1) is 0 Å². The van der Waals surface area contributed by atoms with Crippen molar-refractivity contribution in [3.8, 4) is 0 Å². The second kappa shape index (κ2) is 5.02. The van der Waals surface area contributed by atoms with Crippen LogP contribution < -0.4 is 0 Å². The molecule has 0 bridgehead atoms. The van der Waals surface area contributed by atoms with Crippen LogP contribution in [0.4, 0.5) is 0 Å². The number of carbonyl (C=O) groups is 1. The molecule has 6 nitrogen and oxygen atoms in total. The minimum atomic E-state index is -1.42. The van der Waals surface area contributed by atoms with Crippen LogP contribution in [-0.4, -0.2) is 82.9 Å². The normalized spacial score (nSPS) is 23.8. The van der Waals surface area contributed by atoms with Gasteiger partial charge in [0.05, 0.1) is 6.61 Å². The van der Waals surface area contributed by atoms with E-state index in [0.717, 1.165) is 0 Å². The maximum atomic E-state index is 10.5. The first-order valence-electron chi connectivity index (χ1n) is 3.20. The van der Waals surface area contributed by atoms with Gasteiger partial charge in [-0.25, -0.2) is 4.79 Å². The summed E-state index contributed by atoms with van der Waals surface area (Å²) < 4.78 is 4.32. The SMILES string of the molecule is O=C1O[C@H]([C@@H](O)CO)C(O)=C1O.[CaH2]. The first-order chi connectivity index (χ1) is 5.57. The molecular formula is C6H10CaO6. The predicted octanol–water partition coefficient (Wildman–Crippen LogP) is -2.32. The number of ether oxygens (including phenoxy) is 1. The van der Waals surface area contributed by atoms with Gasteiger partial charge in [0.2, 0.25) is 5.76 Å². The van der Waals surface area contributed by atoms with Gasteiger partial charge in [0, 0.05) is 0 Å². The van der Waals surface area contributed by atoms with Crippen LogP contribution in [-0.2, 0) is 9.53 Å². The van der Waals surface area contributed by atoms with E-state index in [1.165, 1.54) is 0 Å². The number of carbonyl (C=O) groups excluding carboxylic acids is 1. The summed E-state index contributed by atoms with van der Waals surface area (Å²) in [4.78, 5) is 10.5. The standard InChI is InChI=1S/C6H8O6.Ca.2H/c7-1-2(8)5-3(9)4(10)6(11)12-5;;;/h2,5,7-10H,1H2;;;/t2-,5+;;;/m0.../s1. The zero-order valence-electron chi connectivity index (χ0n) is 5.97. The van der Waals surface area contributed by atoms with E-state index in [0.29, 0.717) is 0 Å². The summed E-state index contributed by atoms with van der Waals surface area (Å²) in [6.07, 6.45) is -2.78. The van der Waals surface area contributed by atoms with Crippen LogP contribution in [0.2, 0.25) is 0 Å². The van der Waals surface area contributed by atoms with Gasteiger partial charge in [-0.2, -0.15) is 0 Å². The molecular weight excluding hydrogens is 208 g/mol. The van der Waals surface area contributed by atoms with Crippen LogP contribution in [0, 0.1) is 0 Å². The molecule has 1 aliphatic rings. The van der Waals surface area contributed by atoms with Gasteiger partial charge < -0.3 is 25.2 Å². The van der Waals surface area contributed by atoms with Gasteiger partial charge in [-0.3, -0.25) is 0 Å². The summed E-state index contributed by atoms with van der Waals surface area (Å²) in [5, 5.41) is 35.0. The first kappa shape index (κ1) is 13.0. The Hall–Kier alpha value is -0.0103. The third-order valence-corrected chi connectivity index (χ3v) is 1.48. The van der Waals surface area contributed by atoms with Crippen molar-refractivity contribution in [3.05, 3.63) is 11.5 Å². The molecule has 1 rings (SSSR count). The number of aliphatic hydroxyl groups excluding tert-OH is 4. The van der Waals surface area contributed by atoms with E-state index in [9.17, 15) is 4.79 Å². The van der Waals surface area contributed by atoms with Gasteiger partial charge in [-0.1, -0.05) is 0 Å². The molecule has 0 aromatic carbocycles. The Kier molecular flexibility index (Phi) is 5.01. The summed E-state index contributed by atoms with van der Waals surface area (Å²) in [6, 6.07) is 0. The van der Waals surface area contributed by atoms with Crippen LogP contribution in [0.3, 0.4) is 0 Å². The fraction of sp³-hybridized carbons (Fsp3) is 0.500. The molecule has 0 spiro atoms. The Bertz CT molecular complexity index is 237. The third kappa shape index (κ3) is 2.47. The summed E-state index contributed by atoms with van der Waals surface area (Å²) >= 11 is 0. The van der Waals surface area contributed by atoms with Crippen molar-refractivity contribution < 1.29 is 30.0 Å². The fourth-order valence-corrected chi connectivity index (χ4v) is 0.823. The topological polar surface area (TPSA) is 107 Å². The van der Waals surface area contributed by atoms with Gasteiger partial charge >= 0.3 is 43.7 Å². The summed E-state index contributed by atoms with van der Waals surface area (Å²) in [5.74, 6) is -2.78. The monoisotopic (exact) mass is 218 g/mol. The Morgan fingerprint density at radius 1 is 1.46 bits per heavy atom. The Morgan fingerprint density at radius 2 is 2.00 bits per heavy atom. The van der Waals surface area contributed by atoms with Crippen LogP contribution in [0.15, 0.2) is 11.5 Å². The molecule has 13 heavy (non-hydrogen) atoms. The molecule has 0 unspecified atom stereocenters. The van der Waals surface area contributed by atoms with Gasteiger partial charge in [0.25, 0.3) is 0 Å². The molecule has 0 saturated heterocycles. The molecule has 4 N–H and O–H groups in total. The molecule has 0 aromatic heterocycles. The van der Waals surface area contributed by atoms with Crippen LogP contribution in [0.25, 0.3) is 0 Å². The molecule has 0 aliphatic carbocycles. The van der Waals surface area contributed by atoms with Crippen LogP contribution in [0.1, 0.15) is 0 Å². The van der Waals surface area contributed by atoms with E-state index in [2.05, 4.69) is 4.74 Å². The Balaban J connectivity index is 0.00000144. The maximum absolute atomic E-state index is 10.5. The van der Waals surface area contributed by atoms with Crippen molar-refractivity contribution in [2.45, 2.75) is 12.2 Å². The number of cyclic esters (lactones) is 1. The zero-order valence-corrected chi connectivity index (χ0v) is 5.97. The molecule has 0 amide bonds. The van der Waals surface area contributed by atoms with E-state index in [1.807, 2.05) is 0 Å². The number of hydrogen-bond donors (Lipinski definition) is 4. The molecule has 0 radical (unpaired) electrons. The molecule has 0 fully saturated rings. The van der Waals surface area contributed by atoms with Crippen LogP contribution >= 0.6 is 0 Å². The van der Waals surface area contributed by atoms with Gasteiger partial charge in [0.15, 0.2) is 11.9 Å². The van der Waals surface area contributed by atoms with E-state index >= 15 is 0 Å². The third-order valence-electron chi connectivity index (χ3n) is 1.48. The predicted molar refractivity (Wildman–Crippen MR) is 43.8 cm³/mol. The van der Waals surface area contributed by atoms with Crippen molar-refractivity contribution in [1.82, 2.24) is 0 Å². The Labute approximate surface area is 103 Å². The van der Waals surface area contributed by atoms with Crippen molar-refractivity contribution in [2.75, 3.05) is 6.61 Å². The summed E-state index contributed by atoms with van der Waals surface area (Å²) in [5.41, 5.74) is 0. The molecule has 1 aliphatic heterocycles. The fourth-order valence-electron chi connectivity index (χ4n) is 0.823. The second-order valence-corrected chi connectivity index (χ2v) is 2.31. The summed E-state index contributed by atoms with van der Waals surface area (Å²) in [6.45, 7) is -0.671. The summed E-state index contributed by atoms with van der Waals surface area (Å²) in [7, 11) is 0. The quantitative estimate of drug-likeness (QED) is 0.306. The number of esters is 1. The zero-order chi connectivity index (χ0) is 9.30. The van der Waals surface area contributed by atoms with E-state index in [-0.39, 0.29) is 37.7 Å². The van der Waals surface area contributed by atoms with Crippen molar-refractivity contribution >= 4 is 43.7 Å². The molecule has 0 aromatic rings. The molecule has 0 saturated carbocycles. The van der Waals surface area contributed by atoms with Gasteiger partial charge in [0.1, 0.15) is 6.10 Å². The first-order valence-corrected chi connectivity index (χ1v) is 3.20. The van der Waals surface area contributed by atoms with Crippen molar-refractivity contribution in [1.29, 1.82) is 0 Å². The average Bonchev–Trinajstić information content (AvgIpc) is 2.32. The molecule has 1 heterocycles. The molecule has 72 valence electrons. The molecule has 7 heteroatoms. The van der Waals surface area contributed by atoms with E-state index in [1.54, 1.807) is 0 Å².